The van der Waals surface area contributed by atoms with Crippen LogP contribution in [-0.2, 0) is 9.53 Å². The van der Waals surface area contributed by atoms with Crippen LogP contribution < -0.4 is 4.74 Å². The van der Waals surface area contributed by atoms with Crippen molar-refractivity contribution >= 4 is 17.5 Å². The maximum atomic E-state index is 12.7. The maximum absolute atomic E-state index is 12.7. The maximum Gasteiger partial charge on any atom is 0.263 e. The molecule has 0 spiro atoms. The van der Waals surface area contributed by atoms with E-state index in [0.29, 0.717) is 16.8 Å². The van der Waals surface area contributed by atoms with Gasteiger partial charge in [0.15, 0.2) is 6.10 Å². The van der Waals surface area contributed by atoms with Gasteiger partial charge in [-0.25, -0.2) is 0 Å². The summed E-state index contributed by atoms with van der Waals surface area (Å²) in [6.07, 6.45) is 0.508. The molecular formula is C18H27ClN2O3. The van der Waals surface area contributed by atoms with Gasteiger partial charge in [-0.1, -0.05) is 18.5 Å². The molecule has 0 saturated carbocycles. The van der Waals surface area contributed by atoms with Crippen LogP contribution in [0.25, 0.3) is 0 Å². The summed E-state index contributed by atoms with van der Waals surface area (Å²) in [6, 6.07) is 7.46. The van der Waals surface area contributed by atoms with Crippen LogP contribution in [0.15, 0.2) is 24.3 Å². The van der Waals surface area contributed by atoms with Crippen LogP contribution in [0.2, 0.25) is 5.02 Å². The summed E-state index contributed by atoms with van der Waals surface area (Å²) in [7, 11) is 1.72. The Morgan fingerprint density at radius 2 is 2.04 bits per heavy atom. The number of hydrogen-bond acceptors (Lipinski definition) is 4. The summed E-state index contributed by atoms with van der Waals surface area (Å²) in [6.45, 7) is 7.94. The molecule has 134 valence electrons. The van der Waals surface area contributed by atoms with Crippen molar-refractivity contribution in [1.82, 2.24) is 9.80 Å². The minimum Gasteiger partial charge on any atom is -0.481 e. The van der Waals surface area contributed by atoms with E-state index >= 15 is 0 Å². The van der Waals surface area contributed by atoms with Crippen molar-refractivity contribution in [3.63, 3.8) is 0 Å². The van der Waals surface area contributed by atoms with Crippen LogP contribution in [0, 0.1) is 0 Å². The number of halogens is 1. The van der Waals surface area contributed by atoms with Crippen molar-refractivity contribution < 1.29 is 14.3 Å². The zero-order valence-electron chi connectivity index (χ0n) is 14.7. The first kappa shape index (κ1) is 19.0. The van der Waals surface area contributed by atoms with Gasteiger partial charge in [0.2, 0.25) is 0 Å². The molecule has 0 aromatic heterocycles. The van der Waals surface area contributed by atoms with Gasteiger partial charge in [0.1, 0.15) is 5.75 Å². The average Bonchev–Trinajstić information content (AvgIpc) is 2.61. The molecule has 2 rings (SSSR count). The van der Waals surface area contributed by atoms with Gasteiger partial charge in [0.05, 0.1) is 6.61 Å². The molecule has 1 aliphatic rings. The standard InChI is InChI=1S/C18H27ClN2O3/c1-4-16-13-21(10-9-20(16)11-12-23-3)18(22)14(2)24-17-7-5-15(19)6-8-17/h5-8,14,16H,4,9-13H2,1-3H3. The summed E-state index contributed by atoms with van der Waals surface area (Å²) in [5.74, 6) is 0.695. The van der Waals surface area contributed by atoms with Crippen molar-refractivity contribution in [2.75, 3.05) is 39.9 Å². The second kappa shape index (κ2) is 9.25. The third kappa shape index (κ3) is 5.10. The number of hydrogen-bond donors (Lipinski definition) is 0. The molecule has 1 aromatic carbocycles. The van der Waals surface area contributed by atoms with Crippen molar-refractivity contribution in [3.8, 4) is 5.75 Å². The van der Waals surface area contributed by atoms with Crippen LogP contribution >= 0.6 is 11.6 Å². The van der Waals surface area contributed by atoms with Crippen LogP contribution in [0.5, 0.6) is 5.75 Å². The number of piperazine rings is 1. The third-order valence-electron chi connectivity index (χ3n) is 4.44. The second-order valence-electron chi connectivity index (χ2n) is 6.09. The lowest BCUT2D eigenvalue weighted by atomic mass is 10.1. The van der Waals surface area contributed by atoms with E-state index in [2.05, 4.69) is 11.8 Å². The fourth-order valence-corrected chi connectivity index (χ4v) is 3.13. The molecule has 1 heterocycles. The highest BCUT2D eigenvalue weighted by molar-refractivity contribution is 6.30. The number of rotatable bonds is 7. The summed E-state index contributed by atoms with van der Waals surface area (Å²) < 4.78 is 10.9. The predicted octanol–water partition coefficient (Wildman–Crippen LogP) is 2.68. The number of carbonyl (C=O) groups excluding carboxylic acids is 1. The second-order valence-corrected chi connectivity index (χ2v) is 6.53. The SMILES string of the molecule is CCC1CN(C(=O)C(C)Oc2ccc(Cl)cc2)CCN1CCOC. The van der Waals surface area contributed by atoms with E-state index in [1.165, 1.54) is 0 Å². The molecule has 1 aliphatic heterocycles. The van der Waals surface area contributed by atoms with Crippen LogP contribution in [0.3, 0.4) is 0 Å². The minimum absolute atomic E-state index is 0.0368. The van der Waals surface area contributed by atoms with E-state index in [1.54, 1.807) is 38.3 Å². The normalized spacial score (nSPS) is 20.0. The number of benzene rings is 1. The molecular weight excluding hydrogens is 328 g/mol. The lowest BCUT2D eigenvalue weighted by Gasteiger charge is -2.41. The van der Waals surface area contributed by atoms with Gasteiger partial charge < -0.3 is 14.4 Å². The lowest BCUT2D eigenvalue weighted by molar-refractivity contribution is -0.141. The highest BCUT2D eigenvalue weighted by Gasteiger charge is 2.30. The largest absolute Gasteiger partial charge is 0.481 e. The Balaban J connectivity index is 1.90. The van der Waals surface area contributed by atoms with Gasteiger partial charge in [-0.05, 0) is 37.6 Å². The van der Waals surface area contributed by atoms with Crippen LogP contribution in [-0.4, -0.2) is 67.7 Å². The molecule has 1 fully saturated rings. The Morgan fingerprint density at radius 3 is 2.67 bits per heavy atom. The fourth-order valence-electron chi connectivity index (χ4n) is 3.01. The summed E-state index contributed by atoms with van der Waals surface area (Å²) in [5.41, 5.74) is 0. The average molecular weight is 355 g/mol. The molecule has 0 aliphatic carbocycles. The first-order valence-electron chi connectivity index (χ1n) is 8.49. The number of ether oxygens (including phenoxy) is 2. The van der Waals surface area contributed by atoms with E-state index in [4.69, 9.17) is 21.1 Å². The molecule has 2 atom stereocenters. The van der Waals surface area contributed by atoms with Gasteiger partial charge in [0.25, 0.3) is 5.91 Å². The number of amides is 1. The molecule has 1 aromatic rings. The van der Waals surface area contributed by atoms with Crippen molar-refractivity contribution in [1.29, 1.82) is 0 Å². The fraction of sp³-hybridized carbons (Fsp3) is 0.611. The number of nitrogens with zero attached hydrogens (tertiary/aromatic N) is 2. The zero-order valence-corrected chi connectivity index (χ0v) is 15.5. The monoisotopic (exact) mass is 354 g/mol. The molecule has 0 radical (unpaired) electrons. The van der Waals surface area contributed by atoms with Crippen molar-refractivity contribution in [2.45, 2.75) is 32.4 Å². The summed E-state index contributed by atoms with van der Waals surface area (Å²) in [4.78, 5) is 17.0. The van der Waals surface area contributed by atoms with Crippen LogP contribution in [0.4, 0.5) is 0 Å². The Morgan fingerprint density at radius 1 is 1.33 bits per heavy atom. The Bertz CT molecular complexity index is 524. The summed E-state index contributed by atoms with van der Waals surface area (Å²) >= 11 is 5.87. The molecule has 1 amide bonds. The first-order chi connectivity index (χ1) is 11.5. The van der Waals surface area contributed by atoms with Crippen molar-refractivity contribution in [3.05, 3.63) is 29.3 Å². The molecule has 6 heteroatoms. The molecule has 2 unspecified atom stereocenters. The highest BCUT2D eigenvalue weighted by atomic mass is 35.5. The van der Waals surface area contributed by atoms with E-state index in [9.17, 15) is 4.79 Å². The van der Waals surface area contributed by atoms with E-state index in [0.717, 1.165) is 39.2 Å². The smallest absolute Gasteiger partial charge is 0.263 e. The molecule has 0 N–H and O–H groups in total. The van der Waals surface area contributed by atoms with Gasteiger partial charge in [-0.15, -0.1) is 0 Å². The minimum atomic E-state index is -0.505. The lowest BCUT2D eigenvalue weighted by Crippen LogP contribution is -2.57. The van der Waals surface area contributed by atoms with Crippen LogP contribution in [0.1, 0.15) is 20.3 Å². The quantitative estimate of drug-likeness (QED) is 0.755. The molecule has 1 saturated heterocycles. The van der Waals surface area contributed by atoms with E-state index in [1.807, 2.05) is 4.90 Å². The highest BCUT2D eigenvalue weighted by Crippen LogP contribution is 2.19. The molecule has 24 heavy (non-hydrogen) atoms. The first-order valence-corrected chi connectivity index (χ1v) is 8.87. The van der Waals surface area contributed by atoms with Gasteiger partial charge in [-0.2, -0.15) is 0 Å². The Hall–Kier alpha value is -1.30. The predicted molar refractivity (Wildman–Crippen MR) is 95.7 cm³/mol. The summed E-state index contributed by atoms with van der Waals surface area (Å²) in [5, 5.41) is 0.652. The van der Waals surface area contributed by atoms with Gasteiger partial charge in [0, 0.05) is 44.4 Å². The number of carbonyl (C=O) groups is 1. The molecule has 0 bridgehead atoms. The van der Waals surface area contributed by atoms with E-state index < -0.39 is 6.10 Å². The third-order valence-corrected chi connectivity index (χ3v) is 4.70. The van der Waals surface area contributed by atoms with Crippen molar-refractivity contribution in [2.24, 2.45) is 0 Å². The molecule has 5 nitrogen and oxygen atoms in total. The number of methoxy groups -OCH3 is 1. The Labute approximate surface area is 149 Å². The van der Waals surface area contributed by atoms with Gasteiger partial charge >= 0.3 is 0 Å². The topological polar surface area (TPSA) is 42.0 Å². The van der Waals surface area contributed by atoms with Gasteiger partial charge in [-0.3, -0.25) is 9.69 Å². The zero-order chi connectivity index (χ0) is 17.5. The van der Waals surface area contributed by atoms with E-state index in [-0.39, 0.29) is 5.91 Å². The Kier molecular flexibility index (Phi) is 7.34.